The molecule has 2 aromatic heterocycles. The number of hydrogen-bond acceptors (Lipinski definition) is 5. The van der Waals surface area contributed by atoms with E-state index in [1.54, 1.807) is 12.4 Å². The maximum absolute atomic E-state index is 9.62. The number of nitrogens with zero attached hydrogens (tertiary/aromatic N) is 2. The lowest BCUT2D eigenvalue weighted by Gasteiger charge is -2.12. The van der Waals surface area contributed by atoms with Crippen LogP contribution in [0.15, 0.2) is 54.2 Å². The van der Waals surface area contributed by atoms with Crippen LogP contribution in [-0.4, -0.2) is 26.8 Å². The van der Waals surface area contributed by atoms with Gasteiger partial charge in [0.1, 0.15) is 18.5 Å². The Morgan fingerprint density at radius 1 is 1.15 bits per heavy atom. The van der Waals surface area contributed by atoms with Crippen LogP contribution in [0.25, 0.3) is 11.4 Å². The molecule has 1 atom stereocenters. The monoisotopic (exact) mass is 270 g/mol. The average Bonchev–Trinajstić information content (AvgIpc) is 2.89. The molecule has 0 amide bonds. The number of aromatic nitrogens is 2. The summed E-state index contributed by atoms with van der Waals surface area (Å²) < 4.78 is 5.48. The molecule has 0 aliphatic carbocycles. The summed E-state index contributed by atoms with van der Waals surface area (Å²) in [6.45, 7) is -0.290. The maximum atomic E-state index is 9.62. The van der Waals surface area contributed by atoms with Crippen molar-refractivity contribution < 1.29 is 14.9 Å². The molecule has 20 heavy (non-hydrogen) atoms. The molecule has 0 bridgehead atoms. The van der Waals surface area contributed by atoms with E-state index in [0.717, 1.165) is 17.0 Å². The second-order valence-electron chi connectivity index (χ2n) is 4.53. The average molecular weight is 270 g/mol. The molecule has 3 heterocycles. The molecule has 0 aromatic carbocycles. The van der Waals surface area contributed by atoms with Crippen molar-refractivity contribution in [3.8, 4) is 11.4 Å². The fraction of sp³-hybridized carbons (Fsp3) is 0.200. The Morgan fingerprint density at radius 2 is 2.00 bits per heavy atom. The van der Waals surface area contributed by atoms with Gasteiger partial charge in [0.25, 0.3) is 0 Å². The highest BCUT2D eigenvalue weighted by atomic mass is 16.5. The van der Waals surface area contributed by atoms with E-state index < -0.39 is 0 Å². The first kappa shape index (κ1) is 12.6. The fourth-order valence-corrected chi connectivity index (χ4v) is 2.15. The molecule has 1 aliphatic rings. The summed E-state index contributed by atoms with van der Waals surface area (Å²) in [7, 11) is 0. The SMILES string of the molecule is OCC1=C(O)C[C@H](c2ccc(-c3ccccn3)nc2)O1. The smallest absolute Gasteiger partial charge is 0.160 e. The summed E-state index contributed by atoms with van der Waals surface area (Å²) >= 11 is 0. The van der Waals surface area contributed by atoms with Gasteiger partial charge in [0.05, 0.1) is 11.4 Å². The molecular formula is C15H14N2O3. The molecule has 0 saturated heterocycles. The number of aliphatic hydroxyl groups excluding tert-OH is 2. The van der Waals surface area contributed by atoms with Crippen LogP contribution in [0.2, 0.25) is 0 Å². The molecule has 0 fully saturated rings. The zero-order valence-corrected chi connectivity index (χ0v) is 10.7. The van der Waals surface area contributed by atoms with Gasteiger partial charge in [-0.05, 0) is 18.2 Å². The van der Waals surface area contributed by atoms with Crippen LogP contribution in [0.1, 0.15) is 18.1 Å². The van der Waals surface area contributed by atoms with Crippen molar-refractivity contribution in [3.63, 3.8) is 0 Å². The first-order valence-electron chi connectivity index (χ1n) is 6.34. The van der Waals surface area contributed by atoms with E-state index in [0.29, 0.717) is 6.42 Å². The van der Waals surface area contributed by atoms with E-state index in [9.17, 15) is 5.11 Å². The van der Waals surface area contributed by atoms with E-state index in [4.69, 9.17) is 9.84 Å². The summed E-state index contributed by atoms with van der Waals surface area (Å²) in [6, 6.07) is 9.43. The maximum Gasteiger partial charge on any atom is 0.160 e. The van der Waals surface area contributed by atoms with Crippen LogP contribution in [0.3, 0.4) is 0 Å². The summed E-state index contributed by atoms with van der Waals surface area (Å²) in [5.74, 6) is 0.343. The highest BCUT2D eigenvalue weighted by Gasteiger charge is 2.26. The van der Waals surface area contributed by atoms with E-state index >= 15 is 0 Å². The van der Waals surface area contributed by atoms with Gasteiger partial charge >= 0.3 is 0 Å². The molecule has 0 radical (unpaired) electrons. The van der Waals surface area contributed by atoms with Crippen molar-refractivity contribution in [2.75, 3.05) is 6.61 Å². The minimum atomic E-state index is -0.290. The van der Waals surface area contributed by atoms with Crippen molar-refractivity contribution >= 4 is 0 Å². The summed E-state index contributed by atoms with van der Waals surface area (Å²) in [4.78, 5) is 8.60. The minimum Gasteiger partial charge on any atom is -0.509 e. The van der Waals surface area contributed by atoms with Crippen LogP contribution in [0, 0.1) is 0 Å². The number of aliphatic hydroxyl groups is 2. The van der Waals surface area contributed by atoms with Gasteiger partial charge in [0.15, 0.2) is 5.76 Å². The third kappa shape index (κ3) is 2.35. The molecule has 0 saturated carbocycles. The summed E-state index contributed by atoms with van der Waals surface area (Å²) in [5, 5.41) is 18.6. The van der Waals surface area contributed by atoms with Gasteiger partial charge in [-0.1, -0.05) is 12.1 Å². The van der Waals surface area contributed by atoms with Crippen LogP contribution < -0.4 is 0 Å². The standard InChI is InChI=1S/C15H14N2O3/c18-9-15-13(19)7-14(20-15)10-4-5-12(17-8-10)11-3-1-2-6-16-11/h1-6,8,14,18-19H,7,9H2/t14-/m1/s1. The highest BCUT2D eigenvalue weighted by molar-refractivity contribution is 5.53. The second kappa shape index (κ2) is 5.30. The van der Waals surface area contributed by atoms with E-state index in [1.165, 1.54) is 0 Å². The third-order valence-corrected chi connectivity index (χ3v) is 3.21. The molecule has 2 N–H and O–H groups in total. The van der Waals surface area contributed by atoms with Crippen LogP contribution in [0.5, 0.6) is 0 Å². The van der Waals surface area contributed by atoms with Crippen molar-refractivity contribution in [3.05, 3.63) is 59.8 Å². The minimum absolute atomic E-state index is 0.103. The normalized spacial score (nSPS) is 18.1. The zero-order valence-electron chi connectivity index (χ0n) is 10.7. The van der Waals surface area contributed by atoms with Crippen molar-refractivity contribution in [2.45, 2.75) is 12.5 Å². The first-order valence-corrected chi connectivity index (χ1v) is 6.34. The number of pyridine rings is 2. The summed E-state index contributed by atoms with van der Waals surface area (Å²) in [5.41, 5.74) is 2.45. The Balaban J connectivity index is 1.78. The number of ether oxygens (including phenoxy) is 1. The van der Waals surface area contributed by atoms with Crippen LogP contribution in [0.4, 0.5) is 0 Å². The molecule has 0 unspecified atom stereocenters. The Bertz CT molecular complexity index is 623. The van der Waals surface area contributed by atoms with E-state index in [-0.39, 0.29) is 24.2 Å². The van der Waals surface area contributed by atoms with Gasteiger partial charge in [0.2, 0.25) is 0 Å². The quantitative estimate of drug-likeness (QED) is 0.895. The number of hydrogen-bond donors (Lipinski definition) is 2. The lowest BCUT2D eigenvalue weighted by Crippen LogP contribution is -2.00. The predicted octanol–water partition coefficient (Wildman–Crippen LogP) is 2.37. The largest absolute Gasteiger partial charge is 0.509 e. The lowest BCUT2D eigenvalue weighted by molar-refractivity contribution is 0.114. The fourth-order valence-electron chi connectivity index (χ4n) is 2.15. The van der Waals surface area contributed by atoms with Gasteiger partial charge in [-0.15, -0.1) is 0 Å². The van der Waals surface area contributed by atoms with Crippen LogP contribution >= 0.6 is 0 Å². The Hall–Kier alpha value is -2.40. The van der Waals surface area contributed by atoms with Gasteiger partial charge < -0.3 is 14.9 Å². The van der Waals surface area contributed by atoms with Crippen molar-refractivity contribution in [1.29, 1.82) is 0 Å². The molecule has 1 aliphatic heterocycles. The van der Waals surface area contributed by atoms with Crippen molar-refractivity contribution in [2.24, 2.45) is 0 Å². The van der Waals surface area contributed by atoms with Crippen LogP contribution in [-0.2, 0) is 4.74 Å². The highest BCUT2D eigenvalue weighted by Crippen LogP contribution is 2.34. The molecule has 5 nitrogen and oxygen atoms in total. The molecule has 2 aromatic rings. The topological polar surface area (TPSA) is 75.5 Å². The van der Waals surface area contributed by atoms with E-state index in [1.807, 2.05) is 30.3 Å². The van der Waals surface area contributed by atoms with Gasteiger partial charge in [0, 0.05) is 24.4 Å². The molecule has 5 heteroatoms. The lowest BCUT2D eigenvalue weighted by atomic mass is 10.1. The Morgan fingerprint density at radius 3 is 2.60 bits per heavy atom. The summed E-state index contributed by atoms with van der Waals surface area (Å²) in [6.07, 6.45) is 3.51. The zero-order chi connectivity index (χ0) is 13.9. The Labute approximate surface area is 116 Å². The predicted molar refractivity (Wildman–Crippen MR) is 72.7 cm³/mol. The first-order chi connectivity index (χ1) is 9.78. The number of rotatable bonds is 3. The molecule has 102 valence electrons. The van der Waals surface area contributed by atoms with Gasteiger partial charge in [-0.25, -0.2) is 0 Å². The molecule has 3 rings (SSSR count). The van der Waals surface area contributed by atoms with Gasteiger partial charge in [-0.2, -0.15) is 0 Å². The second-order valence-corrected chi connectivity index (χ2v) is 4.53. The van der Waals surface area contributed by atoms with Gasteiger partial charge in [-0.3, -0.25) is 9.97 Å². The third-order valence-electron chi connectivity index (χ3n) is 3.21. The van der Waals surface area contributed by atoms with Crippen molar-refractivity contribution in [1.82, 2.24) is 9.97 Å². The molecule has 0 spiro atoms. The molecular weight excluding hydrogens is 256 g/mol. The van der Waals surface area contributed by atoms with E-state index in [2.05, 4.69) is 9.97 Å². The Kier molecular flexibility index (Phi) is 3.35.